The SMILES string of the molecule is CCN(CC(=O)NC)C(=O)[C@@H](N)C(C)C. The van der Waals surface area contributed by atoms with Crippen molar-refractivity contribution in [2.75, 3.05) is 20.1 Å². The van der Waals surface area contributed by atoms with E-state index in [2.05, 4.69) is 5.32 Å². The monoisotopic (exact) mass is 215 g/mol. The van der Waals surface area contributed by atoms with Crippen LogP contribution in [0.25, 0.3) is 0 Å². The summed E-state index contributed by atoms with van der Waals surface area (Å²) in [4.78, 5) is 24.4. The van der Waals surface area contributed by atoms with Gasteiger partial charge in [0.05, 0.1) is 12.6 Å². The Balaban J connectivity index is 4.40. The van der Waals surface area contributed by atoms with Crippen LogP contribution in [0.4, 0.5) is 0 Å². The van der Waals surface area contributed by atoms with Crippen LogP contribution in [0.1, 0.15) is 20.8 Å². The number of carbonyl (C=O) groups is 2. The Hall–Kier alpha value is -1.10. The van der Waals surface area contributed by atoms with Gasteiger partial charge in [-0.05, 0) is 12.8 Å². The lowest BCUT2D eigenvalue weighted by atomic mass is 10.0. The van der Waals surface area contributed by atoms with Crippen molar-refractivity contribution in [3.63, 3.8) is 0 Å². The van der Waals surface area contributed by atoms with Crippen molar-refractivity contribution in [2.45, 2.75) is 26.8 Å². The van der Waals surface area contributed by atoms with E-state index in [9.17, 15) is 9.59 Å². The topological polar surface area (TPSA) is 75.4 Å². The van der Waals surface area contributed by atoms with Crippen LogP contribution in [0.3, 0.4) is 0 Å². The zero-order chi connectivity index (χ0) is 12.0. The molecule has 0 aromatic carbocycles. The summed E-state index contributed by atoms with van der Waals surface area (Å²) in [5.41, 5.74) is 5.73. The summed E-state index contributed by atoms with van der Waals surface area (Å²) < 4.78 is 0. The van der Waals surface area contributed by atoms with Gasteiger partial charge in [-0.15, -0.1) is 0 Å². The maximum absolute atomic E-state index is 11.8. The number of amides is 2. The van der Waals surface area contributed by atoms with Crippen molar-refractivity contribution in [1.82, 2.24) is 10.2 Å². The minimum absolute atomic E-state index is 0.0756. The molecule has 0 bridgehead atoms. The second-order valence-electron chi connectivity index (χ2n) is 3.80. The molecule has 0 saturated carbocycles. The van der Waals surface area contributed by atoms with E-state index in [0.29, 0.717) is 6.54 Å². The van der Waals surface area contributed by atoms with Gasteiger partial charge < -0.3 is 16.0 Å². The summed E-state index contributed by atoms with van der Waals surface area (Å²) in [7, 11) is 1.54. The molecule has 0 radical (unpaired) electrons. The third-order valence-corrected chi connectivity index (χ3v) is 2.31. The smallest absolute Gasteiger partial charge is 0.240 e. The van der Waals surface area contributed by atoms with Crippen LogP contribution in [0.15, 0.2) is 0 Å². The molecule has 0 rings (SSSR count). The molecular weight excluding hydrogens is 194 g/mol. The van der Waals surface area contributed by atoms with Crippen LogP contribution in [0, 0.1) is 5.92 Å². The molecule has 0 spiro atoms. The summed E-state index contributed by atoms with van der Waals surface area (Å²) in [6.45, 7) is 6.17. The third-order valence-electron chi connectivity index (χ3n) is 2.31. The van der Waals surface area contributed by atoms with E-state index >= 15 is 0 Å². The maximum Gasteiger partial charge on any atom is 0.240 e. The Labute approximate surface area is 91.0 Å². The van der Waals surface area contributed by atoms with Gasteiger partial charge in [-0.25, -0.2) is 0 Å². The maximum atomic E-state index is 11.8. The normalized spacial score (nSPS) is 12.4. The molecule has 0 aromatic rings. The zero-order valence-corrected chi connectivity index (χ0v) is 9.91. The second-order valence-corrected chi connectivity index (χ2v) is 3.80. The predicted molar refractivity (Wildman–Crippen MR) is 59.1 cm³/mol. The number of carbonyl (C=O) groups excluding carboxylic acids is 2. The summed E-state index contributed by atoms with van der Waals surface area (Å²) >= 11 is 0. The van der Waals surface area contributed by atoms with Gasteiger partial charge in [-0.1, -0.05) is 13.8 Å². The predicted octanol–water partition coefficient (Wildman–Crippen LogP) is -0.436. The Bertz CT molecular complexity index is 229. The lowest BCUT2D eigenvalue weighted by Gasteiger charge is -2.25. The van der Waals surface area contributed by atoms with Gasteiger partial charge in [0.25, 0.3) is 0 Å². The van der Waals surface area contributed by atoms with Gasteiger partial charge in [-0.2, -0.15) is 0 Å². The van der Waals surface area contributed by atoms with E-state index in [1.807, 2.05) is 20.8 Å². The molecule has 0 fully saturated rings. The Kier molecular flexibility index (Phi) is 5.93. The van der Waals surface area contributed by atoms with E-state index in [1.54, 1.807) is 7.05 Å². The molecule has 0 unspecified atom stereocenters. The molecule has 0 aliphatic rings. The Morgan fingerprint density at radius 1 is 1.40 bits per heavy atom. The number of nitrogens with zero attached hydrogens (tertiary/aromatic N) is 1. The molecule has 2 amide bonds. The highest BCUT2D eigenvalue weighted by molar-refractivity contribution is 5.87. The van der Waals surface area contributed by atoms with Crippen molar-refractivity contribution in [1.29, 1.82) is 0 Å². The van der Waals surface area contributed by atoms with Crippen LogP contribution in [0.2, 0.25) is 0 Å². The molecule has 0 aliphatic heterocycles. The highest BCUT2D eigenvalue weighted by atomic mass is 16.2. The minimum Gasteiger partial charge on any atom is -0.358 e. The summed E-state index contributed by atoms with van der Waals surface area (Å²) in [6, 6.07) is -0.533. The van der Waals surface area contributed by atoms with Crippen molar-refractivity contribution >= 4 is 11.8 Å². The summed E-state index contributed by atoms with van der Waals surface area (Å²) in [5, 5.41) is 2.48. The first-order chi connectivity index (χ1) is 6.93. The average molecular weight is 215 g/mol. The largest absolute Gasteiger partial charge is 0.358 e. The molecule has 88 valence electrons. The lowest BCUT2D eigenvalue weighted by molar-refractivity contribution is -0.137. The van der Waals surface area contributed by atoms with Crippen LogP contribution >= 0.6 is 0 Å². The molecule has 0 aromatic heterocycles. The van der Waals surface area contributed by atoms with Gasteiger partial charge in [0.2, 0.25) is 11.8 Å². The molecule has 5 heteroatoms. The van der Waals surface area contributed by atoms with Gasteiger partial charge in [-0.3, -0.25) is 9.59 Å². The summed E-state index contributed by atoms with van der Waals surface area (Å²) in [6.07, 6.45) is 0. The van der Waals surface area contributed by atoms with E-state index in [1.165, 1.54) is 4.90 Å². The fourth-order valence-electron chi connectivity index (χ4n) is 1.09. The van der Waals surface area contributed by atoms with Crippen molar-refractivity contribution in [3.8, 4) is 0 Å². The van der Waals surface area contributed by atoms with Crippen LogP contribution in [0.5, 0.6) is 0 Å². The third kappa shape index (κ3) is 4.29. The van der Waals surface area contributed by atoms with Gasteiger partial charge in [0, 0.05) is 13.6 Å². The fraction of sp³-hybridized carbons (Fsp3) is 0.800. The number of hydrogen-bond donors (Lipinski definition) is 2. The molecule has 15 heavy (non-hydrogen) atoms. The number of nitrogens with one attached hydrogen (secondary N) is 1. The van der Waals surface area contributed by atoms with Gasteiger partial charge >= 0.3 is 0 Å². The number of rotatable bonds is 5. The quantitative estimate of drug-likeness (QED) is 0.653. The van der Waals surface area contributed by atoms with Gasteiger partial charge in [0.1, 0.15) is 0 Å². The standard InChI is InChI=1S/C10H21N3O2/c1-5-13(6-8(14)12-4)10(15)9(11)7(2)3/h7,9H,5-6,11H2,1-4H3,(H,12,14)/t9-/m0/s1. The first-order valence-corrected chi connectivity index (χ1v) is 5.19. The van der Waals surface area contributed by atoms with Crippen LogP contribution < -0.4 is 11.1 Å². The van der Waals surface area contributed by atoms with E-state index in [4.69, 9.17) is 5.73 Å². The van der Waals surface area contributed by atoms with Crippen LogP contribution in [-0.2, 0) is 9.59 Å². The highest BCUT2D eigenvalue weighted by Crippen LogP contribution is 2.03. The van der Waals surface area contributed by atoms with E-state index in [-0.39, 0.29) is 24.3 Å². The van der Waals surface area contributed by atoms with Crippen LogP contribution in [-0.4, -0.2) is 42.9 Å². The Morgan fingerprint density at radius 2 is 1.93 bits per heavy atom. The molecule has 0 saturated heterocycles. The van der Waals surface area contributed by atoms with E-state index in [0.717, 1.165) is 0 Å². The summed E-state index contributed by atoms with van der Waals surface area (Å²) in [5.74, 6) is -0.270. The number of hydrogen-bond acceptors (Lipinski definition) is 3. The van der Waals surface area contributed by atoms with Crippen molar-refractivity contribution in [2.24, 2.45) is 11.7 Å². The number of nitrogens with two attached hydrogens (primary N) is 1. The van der Waals surface area contributed by atoms with Crippen molar-refractivity contribution < 1.29 is 9.59 Å². The molecule has 5 nitrogen and oxygen atoms in total. The van der Waals surface area contributed by atoms with Crippen molar-refractivity contribution in [3.05, 3.63) is 0 Å². The molecule has 0 heterocycles. The molecule has 1 atom stereocenters. The van der Waals surface area contributed by atoms with Gasteiger partial charge in [0.15, 0.2) is 0 Å². The Morgan fingerprint density at radius 3 is 2.27 bits per heavy atom. The fourth-order valence-corrected chi connectivity index (χ4v) is 1.09. The lowest BCUT2D eigenvalue weighted by Crippen LogP contribution is -2.49. The second kappa shape index (κ2) is 6.40. The minimum atomic E-state index is -0.533. The molecule has 3 N–H and O–H groups in total. The highest BCUT2D eigenvalue weighted by Gasteiger charge is 2.23. The molecule has 0 aliphatic carbocycles. The zero-order valence-electron chi connectivity index (χ0n) is 9.91. The first-order valence-electron chi connectivity index (χ1n) is 5.19. The molecular formula is C10H21N3O2. The van der Waals surface area contributed by atoms with E-state index < -0.39 is 6.04 Å². The first kappa shape index (κ1) is 13.9. The number of likely N-dealkylation sites (N-methyl/N-ethyl adjacent to an activating group) is 2. The average Bonchev–Trinajstić information content (AvgIpc) is 2.23.